The summed E-state index contributed by atoms with van der Waals surface area (Å²) in [7, 11) is 0. The van der Waals surface area contributed by atoms with Crippen LogP contribution < -0.4 is 5.32 Å². The van der Waals surface area contributed by atoms with Gasteiger partial charge in [0.15, 0.2) is 5.76 Å². The highest BCUT2D eigenvalue weighted by Crippen LogP contribution is 2.21. The Morgan fingerprint density at radius 3 is 2.86 bits per heavy atom. The second kappa shape index (κ2) is 5.49. The highest BCUT2D eigenvalue weighted by molar-refractivity contribution is 9.10. The second-order valence-corrected chi connectivity index (χ2v) is 4.83. The molecule has 0 aliphatic carbocycles. The molecule has 0 saturated heterocycles. The number of halogens is 2. The summed E-state index contributed by atoms with van der Waals surface area (Å²) in [5.74, 6) is -0.405. The molecule has 0 aliphatic heterocycles. The third kappa shape index (κ3) is 2.84. The third-order valence-electron chi connectivity index (χ3n) is 2.56. The second-order valence-electron chi connectivity index (χ2n) is 3.97. The van der Waals surface area contributed by atoms with Crippen LogP contribution in [0.2, 0.25) is 0 Å². The largest absolute Gasteiger partial charge is 0.459 e. The van der Waals surface area contributed by atoms with Crippen molar-refractivity contribution >= 4 is 27.9 Å². The van der Waals surface area contributed by atoms with Crippen LogP contribution in [-0.4, -0.2) is 16.1 Å². The first-order valence-electron chi connectivity index (χ1n) is 5.77. The summed E-state index contributed by atoms with van der Waals surface area (Å²) in [5.41, 5.74) is 0.251. The van der Waals surface area contributed by atoms with Crippen molar-refractivity contribution in [1.82, 2.24) is 10.2 Å². The Bertz CT molecular complexity index is 786. The predicted molar refractivity (Wildman–Crippen MR) is 74.1 cm³/mol. The molecule has 1 N–H and O–H groups in total. The first-order valence-corrected chi connectivity index (χ1v) is 6.56. The van der Waals surface area contributed by atoms with E-state index in [1.807, 2.05) is 0 Å². The van der Waals surface area contributed by atoms with Gasteiger partial charge in [0.1, 0.15) is 5.82 Å². The van der Waals surface area contributed by atoms with Crippen LogP contribution in [0.5, 0.6) is 0 Å². The van der Waals surface area contributed by atoms with Gasteiger partial charge in [0.25, 0.3) is 11.8 Å². The number of amides is 1. The molecule has 0 unspecified atom stereocenters. The highest BCUT2D eigenvalue weighted by atomic mass is 79.9. The standard InChI is InChI=1S/C13H7BrFN3O3/c14-8-6-7(3-4-9(8)15)11(19)16-13-18-17-12(21-13)10-2-1-5-20-10/h1-6H,(H,16,18,19). The van der Waals surface area contributed by atoms with E-state index in [0.29, 0.717) is 5.76 Å². The zero-order valence-electron chi connectivity index (χ0n) is 10.3. The van der Waals surface area contributed by atoms with Crippen LogP contribution in [0.1, 0.15) is 10.4 Å². The number of carbonyl (C=O) groups is 1. The maximum atomic E-state index is 13.1. The minimum Gasteiger partial charge on any atom is -0.459 e. The number of hydrogen-bond acceptors (Lipinski definition) is 5. The molecule has 106 valence electrons. The number of anilines is 1. The molecule has 3 rings (SSSR count). The number of carbonyl (C=O) groups excluding carboxylic acids is 1. The Hall–Kier alpha value is -2.48. The maximum absolute atomic E-state index is 13.1. The number of aromatic nitrogens is 2. The van der Waals surface area contributed by atoms with Gasteiger partial charge >= 0.3 is 6.01 Å². The molecule has 0 bridgehead atoms. The van der Waals surface area contributed by atoms with E-state index in [1.165, 1.54) is 24.5 Å². The van der Waals surface area contributed by atoms with Crippen LogP contribution in [0.4, 0.5) is 10.4 Å². The lowest BCUT2D eigenvalue weighted by Crippen LogP contribution is -2.12. The Labute approximate surface area is 126 Å². The highest BCUT2D eigenvalue weighted by Gasteiger charge is 2.15. The van der Waals surface area contributed by atoms with Crippen molar-refractivity contribution in [3.8, 4) is 11.7 Å². The van der Waals surface area contributed by atoms with Gasteiger partial charge < -0.3 is 8.83 Å². The summed E-state index contributed by atoms with van der Waals surface area (Å²) in [4.78, 5) is 12.0. The molecule has 0 aliphatic rings. The number of furan rings is 1. The fourth-order valence-electron chi connectivity index (χ4n) is 1.58. The average Bonchev–Trinajstić information content (AvgIpc) is 3.12. The van der Waals surface area contributed by atoms with Gasteiger partial charge in [-0.3, -0.25) is 10.1 Å². The van der Waals surface area contributed by atoms with Crippen molar-refractivity contribution in [3.63, 3.8) is 0 Å². The molecule has 0 atom stereocenters. The molecule has 0 radical (unpaired) electrons. The van der Waals surface area contributed by atoms with Gasteiger partial charge in [-0.15, -0.1) is 5.10 Å². The van der Waals surface area contributed by atoms with Crippen LogP contribution in [0.15, 0.2) is 49.9 Å². The molecule has 3 aromatic rings. The molecule has 0 fully saturated rings. The van der Waals surface area contributed by atoms with Crippen molar-refractivity contribution in [3.05, 3.63) is 52.4 Å². The zero-order chi connectivity index (χ0) is 14.8. The van der Waals surface area contributed by atoms with Crippen molar-refractivity contribution in [2.75, 3.05) is 5.32 Å². The van der Waals surface area contributed by atoms with E-state index in [0.717, 1.165) is 0 Å². The fourth-order valence-corrected chi connectivity index (χ4v) is 1.96. The molecule has 21 heavy (non-hydrogen) atoms. The van der Waals surface area contributed by atoms with E-state index < -0.39 is 11.7 Å². The lowest BCUT2D eigenvalue weighted by atomic mass is 10.2. The van der Waals surface area contributed by atoms with E-state index in [9.17, 15) is 9.18 Å². The Morgan fingerprint density at radius 1 is 1.29 bits per heavy atom. The first-order chi connectivity index (χ1) is 10.1. The third-order valence-corrected chi connectivity index (χ3v) is 3.17. The van der Waals surface area contributed by atoms with Gasteiger partial charge in [0.05, 0.1) is 10.7 Å². The summed E-state index contributed by atoms with van der Waals surface area (Å²) >= 11 is 3.01. The number of hydrogen-bond donors (Lipinski definition) is 1. The van der Waals surface area contributed by atoms with Gasteiger partial charge in [0.2, 0.25) is 0 Å². The SMILES string of the molecule is O=C(Nc1nnc(-c2ccco2)o1)c1ccc(F)c(Br)c1. The molecule has 2 aromatic heterocycles. The lowest BCUT2D eigenvalue weighted by molar-refractivity contribution is 0.102. The molecule has 2 heterocycles. The predicted octanol–water partition coefficient (Wildman–Crippen LogP) is 3.48. The van der Waals surface area contributed by atoms with Crippen LogP contribution in [0.25, 0.3) is 11.7 Å². The molecular weight excluding hydrogens is 345 g/mol. The van der Waals surface area contributed by atoms with Crippen molar-refractivity contribution in [2.24, 2.45) is 0 Å². The normalized spacial score (nSPS) is 10.6. The summed E-state index contributed by atoms with van der Waals surface area (Å²) < 4.78 is 23.6. The van der Waals surface area contributed by atoms with Crippen LogP contribution >= 0.6 is 15.9 Å². The topological polar surface area (TPSA) is 81.2 Å². The van der Waals surface area contributed by atoms with E-state index in [-0.39, 0.29) is 21.9 Å². The molecule has 6 nitrogen and oxygen atoms in total. The number of benzene rings is 1. The quantitative estimate of drug-likeness (QED) is 0.781. The van der Waals surface area contributed by atoms with Gasteiger partial charge in [-0.25, -0.2) is 4.39 Å². The molecule has 1 amide bonds. The molecular formula is C13H7BrFN3O3. The Balaban J connectivity index is 1.77. The van der Waals surface area contributed by atoms with Crippen molar-refractivity contribution in [2.45, 2.75) is 0 Å². The Kier molecular flexibility index (Phi) is 3.53. The van der Waals surface area contributed by atoms with Crippen LogP contribution in [-0.2, 0) is 0 Å². The fraction of sp³-hybridized carbons (Fsp3) is 0. The van der Waals surface area contributed by atoms with Crippen LogP contribution in [0, 0.1) is 5.82 Å². The Morgan fingerprint density at radius 2 is 2.14 bits per heavy atom. The minimum absolute atomic E-state index is 0.0770. The van der Waals surface area contributed by atoms with Gasteiger partial charge in [-0.1, -0.05) is 5.10 Å². The maximum Gasteiger partial charge on any atom is 0.322 e. The summed E-state index contributed by atoms with van der Waals surface area (Å²) in [5, 5.41) is 9.85. The lowest BCUT2D eigenvalue weighted by Gasteiger charge is -2.01. The average molecular weight is 352 g/mol. The molecule has 1 aromatic carbocycles. The number of rotatable bonds is 3. The number of nitrogens with zero attached hydrogens (tertiary/aromatic N) is 2. The summed E-state index contributed by atoms with van der Waals surface area (Å²) in [6, 6.07) is 7.13. The smallest absolute Gasteiger partial charge is 0.322 e. The summed E-state index contributed by atoms with van der Waals surface area (Å²) in [6.07, 6.45) is 1.47. The van der Waals surface area contributed by atoms with E-state index in [1.54, 1.807) is 12.1 Å². The number of nitrogens with one attached hydrogen (secondary N) is 1. The van der Waals surface area contributed by atoms with E-state index in [4.69, 9.17) is 8.83 Å². The minimum atomic E-state index is -0.495. The van der Waals surface area contributed by atoms with Crippen LogP contribution in [0.3, 0.4) is 0 Å². The van der Waals surface area contributed by atoms with Crippen molar-refractivity contribution in [1.29, 1.82) is 0 Å². The molecule has 8 heteroatoms. The molecule has 0 saturated carbocycles. The van der Waals surface area contributed by atoms with Gasteiger partial charge in [-0.2, -0.15) is 0 Å². The van der Waals surface area contributed by atoms with E-state index in [2.05, 4.69) is 31.4 Å². The first kappa shape index (κ1) is 13.5. The van der Waals surface area contributed by atoms with Gasteiger partial charge in [-0.05, 0) is 46.3 Å². The summed E-state index contributed by atoms with van der Waals surface area (Å²) in [6.45, 7) is 0. The van der Waals surface area contributed by atoms with Gasteiger partial charge in [0, 0.05) is 5.56 Å². The zero-order valence-corrected chi connectivity index (χ0v) is 11.9. The monoisotopic (exact) mass is 351 g/mol. The van der Waals surface area contributed by atoms with E-state index >= 15 is 0 Å². The van der Waals surface area contributed by atoms with Crippen molar-refractivity contribution < 1.29 is 18.0 Å². The molecule has 0 spiro atoms.